The molecule has 0 amide bonds. The Morgan fingerprint density at radius 2 is 1.49 bits per heavy atom. The highest BCUT2D eigenvalue weighted by atomic mass is 16.5. The SMILES string of the molecule is c1ccc(-n2c3cc(Oc4cccc(N5Cn6c(nc7ccccc76)-c6ccccc65)c4)ccc3c3cccnc32)nc1. The van der Waals surface area contributed by atoms with Crippen molar-refractivity contribution in [2.24, 2.45) is 0 Å². The number of para-hydroxylation sites is 3. The van der Waals surface area contributed by atoms with E-state index in [0.29, 0.717) is 6.67 Å². The first-order valence-electron chi connectivity index (χ1n) is 14.2. The third-order valence-corrected chi connectivity index (χ3v) is 8.12. The van der Waals surface area contributed by atoms with Gasteiger partial charge in [0, 0.05) is 46.5 Å². The molecule has 5 heterocycles. The van der Waals surface area contributed by atoms with Crippen molar-refractivity contribution in [2.45, 2.75) is 6.67 Å². The fourth-order valence-electron chi connectivity index (χ4n) is 6.22. The maximum absolute atomic E-state index is 6.52. The van der Waals surface area contributed by atoms with Crippen LogP contribution in [0.5, 0.6) is 11.5 Å². The number of hydrogen-bond acceptors (Lipinski definition) is 5. The average molecular weight is 557 g/mol. The molecule has 0 spiro atoms. The lowest BCUT2D eigenvalue weighted by atomic mass is 10.1. The number of ether oxygens (including phenoxy) is 1. The predicted octanol–water partition coefficient (Wildman–Crippen LogP) is 8.49. The highest BCUT2D eigenvalue weighted by Gasteiger charge is 2.26. The van der Waals surface area contributed by atoms with Gasteiger partial charge in [0.1, 0.15) is 35.5 Å². The van der Waals surface area contributed by atoms with Crippen molar-refractivity contribution < 1.29 is 4.74 Å². The molecule has 1 aliphatic rings. The molecule has 0 aliphatic carbocycles. The minimum absolute atomic E-state index is 0.652. The monoisotopic (exact) mass is 556 g/mol. The fourth-order valence-corrected chi connectivity index (χ4v) is 6.22. The third-order valence-electron chi connectivity index (χ3n) is 8.12. The highest BCUT2D eigenvalue weighted by molar-refractivity contribution is 6.08. The van der Waals surface area contributed by atoms with Gasteiger partial charge >= 0.3 is 0 Å². The normalized spacial score (nSPS) is 12.5. The maximum Gasteiger partial charge on any atom is 0.146 e. The van der Waals surface area contributed by atoms with E-state index in [1.165, 1.54) is 0 Å². The summed E-state index contributed by atoms with van der Waals surface area (Å²) in [5.41, 5.74) is 7.25. The first kappa shape index (κ1) is 23.7. The van der Waals surface area contributed by atoms with Crippen LogP contribution in [0.15, 0.2) is 134 Å². The highest BCUT2D eigenvalue weighted by Crippen LogP contribution is 2.42. The van der Waals surface area contributed by atoms with Crippen molar-refractivity contribution in [3.63, 3.8) is 0 Å². The summed E-state index contributed by atoms with van der Waals surface area (Å²) in [4.78, 5) is 16.6. The summed E-state index contributed by atoms with van der Waals surface area (Å²) in [6, 6.07) is 41.2. The number of rotatable bonds is 4. The molecule has 7 heteroatoms. The molecule has 0 radical (unpaired) electrons. The van der Waals surface area contributed by atoms with Gasteiger partial charge in [0.2, 0.25) is 0 Å². The molecule has 1 aliphatic heterocycles. The molecule has 0 N–H and O–H groups in total. The van der Waals surface area contributed by atoms with Gasteiger partial charge in [0.15, 0.2) is 0 Å². The van der Waals surface area contributed by atoms with Crippen LogP contribution in [0.25, 0.3) is 50.2 Å². The second-order valence-electron chi connectivity index (χ2n) is 10.6. The van der Waals surface area contributed by atoms with Gasteiger partial charge in [-0.15, -0.1) is 0 Å². The van der Waals surface area contributed by atoms with Gasteiger partial charge < -0.3 is 14.2 Å². The van der Waals surface area contributed by atoms with E-state index >= 15 is 0 Å². The summed E-state index contributed by atoms with van der Waals surface area (Å²) in [5, 5.41) is 2.18. The summed E-state index contributed by atoms with van der Waals surface area (Å²) < 4.78 is 10.9. The molecule has 0 saturated heterocycles. The zero-order valence-electron chi connectivity index (χ0n) is 23.0. The lowest BCUT2D eigenvalue weighted by Gasteiger charge is -2.32. The topological polar surface area (TPSA) is 61.0 Å². The minimum Gasteiger partial charge on any atom is -0.457 e. The Morgan fingerprint density at radius 1 is 0.628 bits per heavy atom. The Labute approximate surface area is 246 Å². The Bertz CT molecular complexity index is 2320. The summed E-state index contributed by atoms with van der Waals surface area (Å²) in [7, 11) is 0. The van der Waals surface area contributed by atoms with Crippen LogP contribution < -0.4 is 9.64 Å². The quantitative estimate of drug-likeness (QED) is 0.218. The van der Waals surface area contributed by atoms with Crippen LogP contribution in [-0.4, -0.2) is 24.1 Å². The van der Waals surface area contributed by atoms with E-state index < -0.39 is 0 Å². The van der Waals surface area contributed by atoms with E-state index in [9.17, 15) is 0 Å². The fraction of sp³-hybridized carbons (Fsp3) is 0.0278. The van der Waals surface area contributed by atoms with Crippen molar-refractivity contribution >= 4 is 44.3 Å². The Kier molecular flexibility index (Phi) is 5.13. The van der Waals surface area contributed by atoms with Crippen LogP contribution in [0.4, 0.5) is 11.4 Å². The van der Waals surface area contributed by atoms with Crippen LogP contribution >= 0.6 is 0 Å². The first-order chi connectivity index (χ1) is 21.3. The Balaban J connectivity index is 1.12. The molecule has 4 aromatic heterocycles. The van der Waals surface area contributed by atoms with Crippen LogP contribution in [0.3, 0.4) is 0 Å². The van der Waals surface area contributed by atoms with Crippen molar-refractivity contribution in [3.05, 3.63) is 134 Å². The molecule has 0 unspecified atom stereocenters. The summed E-state index contributed by atoms with van der Waals surface area (Å²) in [5.74, 6) is 3.31. The molecule has 7 nitrogen and oxygen atoms in total. The second-order valence-corrected chi connectivity index (χ2v) is 10.6. The molecule has 0 bridgehead atoms. The second kappa shape index (κ2) is 9.29. The minimum atomic E-state index is 0.652. The molecule has 0 fully saturated rings. The molecule has 9 rings (SSSR count). The summed E-state index contributed by atoms with van der Waals surface area (Å²) >= 11 is 0. The van der Waals surface area contributed by atoms with Gasteiger partial charge in [-0.25, -0.2) is 15.0 Å². The summed E-state index contributed by atoms with van der Waals surface area (Å²) in [6.45, 7) is 0.652. The van der Waals surface area contributed by atoms with E-state index in [0.717, 1.165) is 73.0 Å². The van der Waals surface area contributed by atoms with Crippen LogP contribution in [0.2, 0.25) is 0 Å². The van der Waals surface area contributed by atoms with Gasteiger partial charge in [-0.05, 0) is 72.8 Å². The molecule has 0 atom stereocenters. The molecular weight excluding hydrogens is 532 g/mol. The maximum atomic E-state index is 6.52. The standard InChI is InChI=1S/C36H24N6O/c1-3-14-31-29(11-1)36-39-30-13-2-4-15-32(30)41(36)23-40(31)24-9-7-10-25(21-24)43-26-17-18-27-28-12-8-20-38-35(28)42(33(27)22-26)34-16-5-6-19-37-34/h1-22H,23H2. The Hall–Kier alpha value is -5.95. The number of aromatic nitrogens is 5. The van der Waals surface area contributed by atoms with Crippen molar-refractivity contribution in [1.29, 1.82) is 0 Å². The molecular formula is C36H24N6O. The number of benzene rings is 4. The Morgan fingerprint density at radius 3 is 2.44 bits per heavy atom. The number of fused-ring (bicyclic) bond motifs is 8. The van der Waals surface area contributed by atoms with Crippen LogP contribution in [0, 0.1) is 0 Å². The van der Waals surface area contributed by atoms with Gasteiger partial charge in [0.25, 0.3) is 0 Å². The first-order valence-corrected chi connectivity index (χ1v) is 14.2. The zero-order valence-corrected chi connectivity index (χ0v) is 23.0. The molecule has 0 saturated carbocycles. The van der Waals surface area contributed by atoms with Crippen molar-refractivity contribution in [3.8, 4) is 28.7 Å². The number of pyridine rings is 2. The number of nitrogens with zero attached hydrogens (tertiary/aromatic N) is 6. The average Bonchev–Trinajstić information content (AvgIpc) is 3.60. The third kappa shape index (κ3) is 3.72. The van der Waals surface area contributed by atoms with Gasteiger partial charge in [-0.3, -0.25) is 4.57 Å². The van der Waals surface area contributed by atoms with E-state index in [1.807, 2.05) is 54.7 Å². The van der Waals surface area contributed by atoms with E-state index in [-0.39, 0.29) is 0 Å². The number of hydrogen-bond donors (Lipinski definition) is 0. The van der Waals surface area contributed by atoms with Crippen LogP contribution in [-0.2, 0) is 6.67 Å². The van der Waals surface area contributed by atoms with E-state index in [4.69, 9.17) is 14.7 Å². The zero-order chi connectivity index (χ0) is 28.3. The number of imidazole rings is 1. The molecule has 43 heavy (non-hydrogen) atoms. The van der Waals surface area contributed by atoms with Gasteiger partial charge in [-0.2, -0.15) is 0 Å². The van der Waals surface area contributed by atoms with E-state index in [1.54, 1.807) is 6.20 Å². The van der Waals surface area contributed by atoms with Crippen molar-refractivity contribution in [2.75, 3.05) is 4.90 Å². The smallest absolute Gasteiger partial charge is 0.146 e. The molecule has 4 aromatic carbocycles. The lowest BCUT2D eigenvalue weighted by Crippen LogP contribution is -2.26. The van der Waals surface area contributed by atoms with E-state index in [2.05, 4.69) is 91.8 Å². The van der Waals surface area contributed by atoms with Gasteiger partial charge in [-0.1, -0.05) is 36.4 Å². The lowest BCUT2D eigenvalue weighted by molar-refractivity contribution is 0.483. The van der Waals surface area contributed by atoms with Gasteiger partial charge in [0.05, 0.1) is 22.2 Å². The number of anilines is 2. The molecule has 8 aromatic rings. The predicted molar refractivity (Wildman–Crippen MR) is 170 cm³/mol. The van der Waals surface area contributed by atoms with Crippen LogP contribution in [0.1, 0.15) is 0 Å². The largest absolute Gasteiger partial charge is 0.457 e. The van der Waals surface area contributed by atoms with Crippen molar-refractivity contribution in [1.82, 2.24) is 24.1 Å². The molecule has 204 valence electrons. The summed E-state index contributed by atoms with van der Waals surface area (Å²) in [6.07, 6.45) is 3.62.